The van der Waals surface area contributed by atoms with E-state index in [-0.39, 0.29) is 0 Å². The van der Waals surface area contributed by atoms with E-state index < -0.39 is 0 Å². The molecule has 0 radical (unpaired) electrons. The molecule has 0 N–H and O–H groups in total. The summed E-state index contributed by atoms with van der Waals surface area (Å²) >= 11 is 0. The van der Waals surface area contributed by atoms with Gasteiger partial charge in [0.15, 0.2) is 0 Å². The van der Waals surface area contributed by atoms with Gasteiger partial charge in [-0.2, -0.15) is 0 Å². The highest BCUT2D eigenvalue weighted by molar-refractivity contribution is 6.25. The maximum atomic E-state index is 2.36. The first-order valence-electron chi connectivity index (χ1n) is 12.5. The number of fused-ring (bicyclic) bond motifs is 2. The summed E-state index contributed by atoms with van der Waals surface area (Å²) in [5.74, 6) is 0. The molecule has 0 atom stereocenters. The van der Waals surface area contributed by atoms with Gasteiger partial charge in [0.1, 0.15) is 0 Å². The summed E-state index contributed by atoms with van der Waals surface area (Å²) in [5, 5.41) is 13.1. The molecule has 0 aliphatic heterocycles. The zero-order valence-electron chi connectivity index (χ0n) is 19.7. The van der Waals surface area contributed by atoms with Gasteiger partial charge in [0.25, 0.3) is 0 Å². The van der Waals surface area contributed by atoms with Gasteiger partial charge in [0.2, 0.25) is 0 Å². The summed E-state index contributed by atoms with van der Waals surface area (Å²) in [7, 11) is 0. The Morgan fingerprint density at radius 1 is 0.278 bits per heavy atom. The zero-order chi connectivity index (χ0) is 23.6. The van der Waals surface area contributed by atoms with Crippen molar-refractivity contribution in [2.45, 2.75) is 0 Å². The monoisotopic (exact) mass is 454 g/mol. The minimum absolute atomic E-state index is 1.27. The Bertz CT molecular complexity index is 1870. The van der Waals surface area contributed by atoms with Crippen LogP contribution in [0.1, 0.15) is 0 Å². The van der Waals surface area contributed by atoms with Gasteiger partial charge in [-0.25, -0.2) is 0 Å². The molecule has 0 aliphatic carbocycles. The van der Waals surface area contributed by atoms with Crippen LogP contribution in [-0.2, 0) is 0 Å². The van der Waals surface area contributed by atoms with Crippen LogP contribution in [0, 0.1) is 0 Å². The Morgan fingerprint density at radius 3 is 1.06 bits per heavy atom. The molecule has 8 aromatic rings. The third-order valence-corrected chi connectivity index (χ3v) is 7.73. The molecule has 0 saturated carbocycles. The quantitative estimate of drug-likeness (QED) is 0.228. The highest BCUT2D eigenvalue weighted by atomic mass is 14.2. The standard InChI is InChI=1S/C36H22/c1-3-11-31-23(7-1)9-5-13-33(31)29-19-25-15-17-27-21-30(22-28-18-16-26(20-29)35(25)36(27)28)34-14-6-10-24-8-2-4-12-32(24)34/h1-22H. The first-order valence-corrected chi connectivity index (χ1v) is 12.5. The van der Waals surface area contributed by atoms with Crippen LogP contribution in [0.5, 0.6) is 0 Å². The summed E-state index contributed by atoms with van der Waals surface area (Å²) in [6.07, 6.45) is 0. The second-order valence-electron chi connectivity index (χ2n) is 9.78. The molecule has 8 rings (SSSR count). The van der Waals surface area contributed by atoms with E-state index >= 15 is 0 Å². The summed E-state index contributed by atoms with van der Waals surface area (Å²) in [6, 6.07) is 49.1. The maximum absolute atomic E-state index is 2.36. The Labute approximate surface area is 209 Å². The van der Waals surface area contributed by atoms with Crippen LogP contribution in [0.2, 0.25) is 0 Å². The molecular formula is C36H22. The fourth-order valence-electron chi connectivity index (χ4n) is 6.10. The Hall–Kier alpha value is -4.68. The zero-order valence-corrected chi connectivity index (χ0v) is 19.7. The predicted molar refractivity (Wildman–Crippen MR) is 156 cm³/mol. The van der Waals surface area contributed by atoms with E-state index in [1.54, 1.807) is 0 Å². The van der Waals surface area contributed by atoms with E-state index in [9.17, 15) is 0 Å². The van der Waals surface area contributed by atoms with E-state index in [0.717, 1.165) is 0 Å². The van der Waals surface area contributed by atoms with Crippen molar-refractivity contribution in [2.75, 3.05) is 0 Å². The lowest BCUT2D eigenvalue weighted by Gasteiger charge is -2.16. The molecule has 0 spiro atoms. The van der Waals surface area contributed by atoms with E-state index in [4.69, 9.17) is 0 Å². The van der Waals surface area contributed by atoms with Crippen molar-refractivity contribution in [2.24, 2.45) is 0 Å². The third kappa shape index (κ3) is 2.82. The fraction of sp³-hybridized carbons (Fsp3) is 0. The van der Waals surface area contributed by atoms with Gasteiger partial charge in [-0.3, -0.25) is 0 Å². The van der Waals surface area contributed by atoms with Gasteiger partial charge >= 0.3 is 0 Å². The number of hydrogen-bond donors (Lipinski definition) is 0. The van der Waals surface area contributed by atoms with Gasteiger partial charge in [-0.1, -0.05) is 109 Å². The molecule has 36 heavy (non-hydrogen) atoms. The SMILES string of the molecule is c1ccc2c(-c3cc4ccc5cc(-c6cccc7ccccc67)cc6ccc(c3)c4c56)cccc2c1. The molecule has 0 nitrogen and oxygen atoms in total. The van der Waals surface area contributed by atoms with Crippen molar-refractivity contribution in [1.82, 2.24) is 0 Å². The lowest BCUT2D eigenvalue weighted by Crippen LogP contribution is -1.88. The van der Waals surface area contributed by atoms with Crippen molar-refractivity contribution in [3.63, 3.8) is 0 Å². The minimum Gasteiger partial charge on any atom is -0.0616 e. The molecule has 8 aromatic carbocycles. The lowest BCUT2D eigenvalue weighted by atomic mass is 9.88. The topological polar surface area (TPSA) is 0 Å². The Balaban J connectivity index is 1.38. The normalized spacial score (nSPS) is 11.9. The van der Waals surface area contributed by atoms with Crippen LogP contribution >= 0.6 is 0 Å². The summed E-state index contributed by atoms with van der Waals surface area (Å²) in [6.45, 7) is 0. The number of rotatable bonds is 2. The van der Waals surface area contributed by atoms with Crippen molar-refractivity contribution < 1.29 is 0 Å². The van der Waals surface area contributed by atoms with Crippen LogP contribution in [0.4, 0.5) is 0 Å². The van der Waals surface area contributed by atoms with Gasteiger partial charge in [0.05, 0.1) is 0 Å². The first kappa shape index (κ1) is 19.6. The van der Waals surface area contributed by atoms with E-state index in [1.165, 1.54) is 76.1 Å². The first-order chi connectivity index (χ1) is 17.8. The average Bonchev–Trinajstić information content (AvgIpc) is 2.95. The molecule has 0 saturated heterocycles. The Morgan fingerprint density at radius 2 is 0.639 bits per heavy atom. The molecule has 0 aromatic heterocycles. The summed E-state index contributed by atoms with van der Waals surface area (Å²) in [4.78, 5) is 0. The van der Waals surface area contributed by atoms with Crippen molar-refractivity contribution >= 4 is 53.9 Å². The molecule has 0 fully saturated rings. The minimum atomic E-state index is 1.27. The average molecular weight is 455 g/mol. The highest BCUT2D eigenvalue weighted by Crippen LogP contribution is 2.41. The summed E-state index contributed by atoms with van der Waals surface area (Å²) in [5.41, 5.74) is 5.12. The Kier molecular flexibility index (Phi) is 4.03. The molecule has 0 heteroatoms. The van der Waals surface area contributed by atoms with Crippen LogP contribution in [0.15, 0.2) is 133 Å². The second kappa shape index (κ2) is 7.41. The van der Waals surface area contributed by atoms with Crippen LogP contribution < -0.4 is 0 Å². The molecule has 0 bridgehead atoms. The van der Waals surface area contributed by atoms with Gasteiger partial charge in [-0.05, 0) is 100 Å². The van der Waals surface area contributed by atoms with Gasteiger partial charge in [-0.15, -0.1) is 0 Å². The number of hydrogen-bond acceptors (Lipinski definition) is 0. The van der Waals surface area contributed by atoms with Crippen LogP contribution in [-0.4, -0.2) is 0 Å². The lowest BCUT2D eigenvalue weighted by molar-refractivity contribution is 1.68. The fourth-order valence-corrected chi connectivity index (χ4v) is 6.10. The van der Waals surface area contributed by atoms with Gasteiger partial charge in [0, 0.05) is 0 Å². The molecule has 166 valence electrons. The molecule has 0 heterocycles. The van der Waals surface area contributed by atoms with Crippen LogP contribution in [0.3, 0.4) is 0 Å². The van der Waals surface area contributed by atoms with E-state index in [1.807, 2.05) is 0 Å². The van der Waals surface area contributed by atoms with Crippen molar-refractivity contribution in [1.29, 1.82) is 0 Å². The molecule has 0 amide bonds. The summed E-state index contributed by atoms with van der Waals surface area (Å²) < 4.78 is 0. The highest BCUT2D eigenvalue weighted by Gasteiger charge is 2.13. The third-order valence-electron chi connectivity index (χ3n) is 7.73. The molecular weight excluding hydrogens is 432 g/mol. The van der Waals surface area contributed by atoms with Crippen LogP contribution in [0.25, 0.3) is 76.1 Å². The van der Waals surface area contributed by atoms with E-state index in [0.29, 0.717) is 0 Å². The van der Waals surface area contributed by atoms with Gasteiger partial charge < -0.3 is 0 Å². The van der Waals surface area contributed by atoms with E-state index in [2.05, 4.69) is 133 Å². The molecule has 0 unspecified atom stereocenters. The second-order valence-corrected chi connectivity index (χ2v) is 9.78. The molecule has 0 aliphatic rings. The van der Waals surface area contributed by atoms with Crippen molar-refractivity contribution in [3.05, 3.63) is 133 Å². The largest absolute Gasteiger partial charge is 0.0616 e. The number of benzene rings is 8. The smallest absolute Gasteiger partial charge is 0.00264 e. The predicted octanol–water partition coefficient (Wildman–Crippen LogP) is 10.2. The van der Waals surface area contributed by atoms with Crippen molar-refractivity contribution in [3.8, 4) is 22.3 Å². The maximum Gasteiger partial charge on any atom is -0.00264 e.